The van der Waals surface area contributed by atoms with E-state index in [2.05, 4.69) is 5.32 Å². The second-order valence-electron chi connectivity index (χ2n) is 6.28. The fourth-order valence-corrected chi connectivity index (χ4v) is 3.41. The van der Waals surface area contributed by atoms with Gasteiger partial charge in [0.05, 0.1) is 0 Å². The molecule has 1 saturated carbocycles. The maximum absolute atomic E-state index is 12.6. The summed E-state index contributed by atoms with van der Waals surface area (Å²) in [5.74, 6) is 0.222. The zero-order valence-corrected chi connectivity index (χ0v) is 12.9. The van der Waals surface area contributed by atoms with Gasteiger partial charge in [0.15, 0.2) is 0 Å². The smallest absolute Gasteiger partial charge is 0.248 e. The number of carbonyl (C=O) groups is 2. The molecule has 0 aromatic heterocycles. The number of amides is 2. The van der Waals surface area contributed by atoms with E-state index in [1.54, 1.807) is 24.8 Å². The van der Waals surface area contributed by atoms with Crippen LogP contribution < -0.4 is 5.32 Å². The van der Waals surface area contributed by atoms with Crippen molar-refractivity contribution < 1.29 is 9.59 Å². The molecule has 2 aliphatic rings. The van der Waals surface area contributed by atoms with Crippen molar-refractivity contribution >= 4 is 23.4 Å². The minimum absolute atomic E-state index is 0.0236. The predicted molar refractivity (Wildman–Crippen MR) is 79.3 cm³/mol. The monoisotopic (exact) mass is 298 g/mol. The first kappa shape index (κ1) is 15.4. The van der Waals surface area contributed by atoms with Crippen LogP contribution in [0, 0.1) is 5.92 Å². The Morgan fingerprint density at radius 1 is 1.30 bits per heavy atom. The highest BCUT2D eigenvalue weighted by molar-refractivity contribution is 6.25. The summed E-state index contributed by atoms with van der Waals surface area (Å²) in [5.41, 5.74) is 0.577. The van der Waals surface area contributed by atoms with E-state index >= 15 is 0 Å². The lowest BCUT2D eigenvalue weighted by atomic mass is 9.80. The third kappa shape index (κ3) is 3.00. The number of nitrogens with one attached hydrogen (secondary N) is 1. The average molecular weight is 299 g/mol. The van der Waals surface area contributed by atoms with Crippen LogP contribution in [-0.2, 0) is 9.59 Å². The van der Waals surface area contributed by atoms with Crippen LogP contribution in [-0.4, -0.2) is 34.8 Å². The first-order chi connectivity index (χ1) is 9.47. The van der Waals surface area contributed by atoms with Crippen molar-refractivity contribution in [2.45, 2.75) is 57.5 Å². The minimum atomic E-state index is -0.831. The number of hydrogen-bond acceptors (Lipinski definition) is 2. The van der Waals surface area contributed by atoms with Crippen LogP contribution in [0.3, 0.4) is 0 Å². The number of piperazine rings is 1. The van der Waals surface area contributed by atoms with Crippen LogP contribution >= 0.6 is 11.6 Å². The van der Waals surface area contributed by atoms with Crippen molar-refractivity contribution in [2.75, 3.05) is 6.54 Å². The van der Waals surface area contributed by atoms with Crippen molar-refractivity contribution in [2.24, 2.45) is 5.92 Å². The Morgan fingerprint density at radius 2 is 1.95 bits per heavy atom. The molecule has 2 rings (SSSR count). The van der Waals surface area contributed by atoms with Gasteiger partial charge in [0.1, 0.15) is 11.6 Å². The van der Waals surface area contributed by atoms with Crippen LogP contribution in [0.4, 0.5) is 0 Å². The van der Waals surface area contributed by atoms with Gasteiger partial charge >= 0.3 is 0 Å². The summed E-state index contributed by atoms with van der Waals surface area (Å²) in [6.07, 6.45) is 7.28. The van der Waals surface area contributed by atoms with E-state index < -0.39 is 5.54 Å². The summed E-state index contributed by atoms with van der Waals surface area (Å²) in [6.45, 7) is 3.91. The number of halogens is 1. The molecule has 0 radical (unpaired) electrons. The number of nitrogens with zero attached hydrogens (tertiary/aromatic N) is 1. The van der Waals surface area contributed by atoms with Crippen LogP contribution in [0.2, 0.25) is 0 Å². The first-order valence-electron chi connectivity index (χ1n) is 7.35. The molecule has 112 valence electrons. The van der Waals surface area contributed by atoms with Gasteiger partial charge in [-0.2, -0.15) is 0 Å². The van der Waals surface area contributed by atoms with Crippen LogP contribution in [0.15, 0.2) is 11.6 Å². The van der Waals surface area contributed by atoms with Crippen LogP contribution in [0.5, 0.6) is 0 Å². The lowest BCUT2D eigenvalue weighted by molar-refractivity contribution is -0.155. The number of rotatable bonds is 3. The maximum atomic E-state index is 12.6. The van der Waals surface area contributed by atoms with Crippen LogP contribution in [0.1, 0.15) is 46.0 Å². The van der Waals surface area contributed by atoms with Crippen molar-refractivity contribution in [1.82, 2.24) is 10.2 Å². The third-order valence-electron chi connectivity index (χ3n) is 4.32. The Kier molecular flexibility index (Phi) is 4.74. The molecule has 0 aromatic carbocycles. The standard InChI is InChI=1S/C15H23ClN2O2/c1-15(2)14(20)18(10-6-9-16)12(13(19)17-15)11-7-4-3-5-8-11/h6,9,11-12H,3-5,7-8,10H2,1-2H3,(H,17,19)/b9-6+. The van der Waals surface area contributed by atoms with E-state index in [-0.39, 0.29) is 23.8 Å². The highest BCUT2D eigenvalue weighted by Gasteiger charge is 2.47. The molecule has 1 unspecified atom stereocenters. The van der Waals surface area contributed by atoms with E-state index in [0.29, 0.717) is 6.54 Å². The summed E-state index contributed by atoms with van der Waals surface area (Å²) in [4.78, 5) is 26.8. The molecule has 0 aromatic rings. The molecule has 1 aliphatic heterocycles. The van der Waals surface area contributed by atoms with Gasteiger partial charge in [0.2, 0.25) is 11.8 Å². The largest absolute Gasteiger partial charge is 0.340 e. The highest BCUT2D eigenvalue weighted by atomic mass is 35.5. The number of hydrogen-bond donors (Lipinski definition) is 1. The molecule has 1 saturated heterocycles. The molecule has 20 heavy (non-hydrogen) atoms. The Bertz CT molecular complexity index is 414. The Morgan fingerprint density at radius 3 is 2.55 bits per heavy atom. The fraction of sp³-hybridized carbons (Fsp3) is 0.733. The predicted octanol–water partition coefficient (Wildman–Crippen LogP) is 2.42. The molecule has 5 heteroatoms. The van der Waals surface area contributed by atoms with Gasteiger partial charge in [-0.3, -0.25) is 9.59 Å². The fourth-order valence-electron chi connectivity index (χ4n) is 3.33. The zero-order valence-electron chi connectivity index (χ0n) is 12.2. The topological polar surface area (TPSA) is 49.4 Å². The Balaban J connectivity index is 2.25. The molecule has 4 nitrogen and oxygen atoms in total. The van der Waals surface area contributed by atoms with E-state index in [4.69, 9.17) is 11.6 Å². The summed E-state index contributed by atoms with van der Waals surface area (Å²) < 4.78 is 0. The van der Waals surface area contributed by atoms with Gasteiger partial charge in [0, 0.05) is 12.1 Å². The van der Waals surface area contributed by atoms with Crippen LogP contribution in [0.25, 0.3) is 0 Å². The summed E-state index contributed by atoms with van der Waals surface area (Å²) in [7, 11) is 0. The quantitative estimate of drug-likeness (QED) is 0.870. The molecule has 1 atom stereocenters. The van der Waals surface area contributed by atoms with Crippen molar-refractivity contribution in [3.05, 3.63) is 11.6 Å². The molecule has 1 N–H and O–H groups in total. The molecular weight excluding hydrogens is 276 g/mol. The van der Waals surface area contributed by atoms with Gasteiger partial charge < -0.3 is 10.2 Å². The van der Waals surface area contributed by atoms with Crippen molar-refractivity contribution in [3.8, 4) is 0 Å². The minimum Gasteiger partial charge on any atom is -0.340 e. The lowest BCUT2D eigenvalue weighted by Crippen LogP contribution is -2.69. The van der Waals surface area contributed by atoms with E-state index in [1.165, 1.54) is 12.0 Å². The van der Waals surface area contributed by atoms with E-state index in [9.17, 15) is 9.59 Å². The molecule has 0 spiro atoms. The molecule has 1 heterocycles. The zero-order chi connectivity index (χ0) is 14.8. The van der Waals surface area contributed by atoms with Crippen molar-refractivity contribution in [1.29, 1.82) is 0 Å². The molecule has 2 fully saturated rings. The lowest BCUT2D eigenvalue weighted by Gasteiger charge is -2.46. The molecule has 1 aliphatic carbocycles. The van der Waals surface area contributed by atoms with E-state index in [0.717, 1.165) is 25.7 Å². The summed E-state index contributed by atoms with van der Waals surface area (Å²) >= 11 is 5.59. The maximum Gasteiger partial charge on any atom is 0.248 e. The highest BCUT2D eigenvalue weighted by Crippen LogP contribution is 2.32. The van der Waals surface area contributed by atoms with Gasteiger partial charge in [-0.1, -0.05) is 36.9 Å². The average Bonchev–Trinajstić information content (AvgIpc) is 2.41. The second kappa shape index (κ2) is 6.17. The molecular formula is C15H23ClN2O2. The number of carbonyl (C=O) groups excluding carboxylic acids is 2. The third-order valence-corrected chi connectivity index (χ3v) is 4.50. The summed E-state index contributed by atoms with van der Waals surface area (Å²) in [6, 6.07) is -0.344. The van der Waals surface area contributed by atoms with Crippen molar-refractivity contribution in [3.63, 3.8) is 0 Å². The second-order valence-corrected chi connectivity index (χ2v) is 6.53. The van der Waals surface area contributed by atoms with Gasteiger partial charge in [-0.15, -0.1) is 0 Å². The van der Waals surface area contributed by atoms with Gasteiger partial charge in [-0.05, 0) is 32.6 Å². The van der Waals surface area contributed by atoms with E-state index in [1.807, 2.05) is 0 Å². The van der Waals surface area contributed by atoms with Gasteiger partial charge in [-0.25, -0.2) is 0 Å². The first-order valence-corrected chi connectivity index (χ1v) is 7.79. The Hall–Kier alpha value is -1.03. The summed E-state index contributed by atoms with van der Waals surface area (Å²) in [5, 5.41) is 2.87. The Labute approximate surface area is 125 Å². The normalized spacial score (nSPS) is 27.9. The molecule has 2 amide bonds. The van der Waals surface area contributed by atoms with Gasteiger partial charge in [0.25, 0.3) is 0 Å². The SMILES string of the molecule is CC1(C)NC(=O)C(C2CCCCC2)N(C/C=C/Cl)C1=O. The molecule has 0 bridgehead atoms.